The van der Waals surface area contributed by atoms with Gasteiger partial charge in [-0.1, -0.05) is 0 Å². The van der Waals surface area contributed by atoms with Crippen LogP contribution in [0.3, 0.4) is 0 Å². The van der Waals surface area contributed by atoms with Crippen LogP contribution in [0.1, 0.15) is 17.3 Å². The molecule has 0 atom stereocenters. The first-order valence-electron chi connectivity index (χ1n) is 4.87. The maximum absolute atomic E-state index is 11.4. The zero-order chi connectivity index (χ0) is 12.0. The molecule has 0 aliphatic heterocycles. The second kappa shape index (κ2) is 5.97. The minimum Gasteiger partial charge on any atom is -0.493 e. The predicted molar refractivity (Wildman–Crippen MR) is 58.6 cm³/mol. The minimum absolute atomic E-state index is 0.330. The molecule has 0 aliphatic rings. The van der Waals surface area contributed by atoms with Crippen LogP contribution in [0.15, 0.2) is 18.2 Å². The van der Waals surface area contributed by atoms with Crippen LogP contribution in [-0.4, -0.2) is 26.7 Å². The van der Waals surface area contributed by atoms with E-state index in [1.54, 1.807) is 18.2 Å². The number of amides is 1. The molecule has 1 aromatic carbocycles. The Hall–Kier alpha value is -1.75. The highest BCUT2D eigenvalue weighted by molar-refractivity contribution is 5.94. The molecule has 0 radical (unpaired) electrons. The molecule has 16 heavy (non-hydrogen) atoms. The van der Waals surface area contributed by atoms with E-state index in [9.17, 15) is 4.79 Å². The van der Waals surface area contributed by atoms with Gasteiger partial charge in [0.1, 0.15) is 0 Å². The Bertz CT molecular complexity index is 365. The van der Waals surface area contributed by atoms with Crippen LogP contribution >= 0.6 is 0 Å². The van der Waals surface area contributed by atoms with Crippen LogP contribution in [0.2, 0.25) is 0 Å². The van der Waals surface area contributed by atoms with Crippen molar-refractivity contribution in [3.63, 3.8) is 0 Å². The zero-order valence-electron chi connectivity index (χ0n) is 9.57. The number of carbonyl (C=O) groups is 1. The van der Waals surface area contributed by atoms with Gasteiger partial charge in [-0.15, -0.1) is 0 Å². The van der Waals surface area contributed by atoms with E-state index in [-0.39, 0.29) is 5.91 Å². The fourth-order valence-electron chi connectivity index (χ4n) is 1.24. The lowest BCUT2D eigenvalue weighted by Gasteiger charge is -2.10. The number of hydroxylamine groups is 1. The summed E-state index contributed by atoms with van der Waals surface area (Å²) in [4.78, 5) is 16.0. The number of methoxy groups -OCH3 is 1. The first-order valence-corrected chi connectivity index (χ1v) is 4.87. The molecule has 5 nitrogen and oxygen atoms in total. The lowest BCUT2D eigenvalue weighted by molar-refractivity contribution is 0.0537. The molecule has 0 fully saturated rings. The van der Waals surface area contributed by atoms with Gasteiger partial charge in [-0.25, -0.2) is 5.48 Å². The van der Waals surface area contributed by atoms with E-state index in [1.807, 2.05) is 6.92 Å². The van der Waals surface area contributed by atoms with Gasteiger partial charge in [-0.2, -0.15) is 0 Å². The number of benzene rings is 1. The summed E-state index contributed by atoms with van der Waals surface area (Å²) in [6.45, 7) is 2.42. The molecule has 0 saturated carbocycles. The van der Waals surface area contributed by atoms with Gasteiger partial charge in [0.05, 0.1) is 20.8 Å². The van der Waals surface area contributed by atoms with E-state index < -0.39 is 0 Å². The summed E-state index contributed by atoms with van der Waals surface area (Å²) in [5.41, 5.74) is 2.68. The van der Waals surface area contributed by atoms with Gasteiger partial charge in [-0.3, -0.25) is 9.63 Å². The molecule has 0 heterocycles. The molecule has 88 valence electrons. The third kappa shape index (κ3) is 2.87. The second-order valence-corrected chi connectivity index (χ2v) is 2.93. The molecule has 1 rings (SSSR count). The molecular weight excluding hydrogens is 210 g/mol. The summed E-state index contributed by atoms with van der Waals surface area (Å²) in [7, 11) is 2.90. The Labute approximate surface area is 94.3 Å². The first kappa shape index (κ1) is 12.3. The Morgan fingerprint density at radius 1 is 1.31 bits per heavy atom. The summed E-state index contributed by atoms with van der Waals surface area (Å²) in [5.74, 6) is 0.799. The van der Waals surface area contributed by atoms with Crippen molar-refractivity contribution in [1.29, 1.82) is 0 Å². The average Bonchev–Trinajstić information content (AvgIpc) is 2.30. The normalized spacial score (nSPS) is 9.69. The van der Waals surface area contributed by atoms with Crippen molar-refractivity contribution in [2.45, 2.75) is 6.92 Å². The third-order valence-corrected chi connectivity index (χ3v) is 1.92. The van der Waals surface area contributed by atoms with Crippen LogP contribution in [0, 0.1) is 0 Å². The SMILES string of the molecule is CCOc1ccc(C(=O)NOC)cc1OC. The summed E-state index contributed by atoms with van der Waals surface area (Å²) in [6.07, 6.45) is 0. The minimum atomic E-state index is -0.330. The van der Waals surface area contributed by atoms with E-state index >= 15 is 0 Å². The molecule has 0 bridgehead atoms. The van der Waals surface area contributed by atoms with Gasteiger partial charge in [0.15, 0.2) is 11.5 Å². The Morgan fingerprint density at radius 2 is 2.06 bits per heavy atom. The molecule has 1 N–H and O–H groups in total. The smallest absolute Gasteiger partial charge is 0.274 e. The van der Waals surface area contributed by atoms with Crippen molar-refractivity contribution in [2.24, 2.45) is 0 Å². The molecule has 0 aliphatic carbocycles. The van der Waals surface area contributed by atoms with Crippen LogP contribution in [-0.2, 0) is 4.84 Å². The number of ether oxygens (including phenoxy) is 2. The van der Waals surface area contributed by atoms with Gasteiger partial charge >= 0.3 is 0 Å². The number of hydrogen-bond acceptors (Lipinski definition) is 4. The van der Waals surface area contributed by atoms with E-state index in [4.69, 9.17) is 9.47 Å². The summed E-state index contributed by atoms with van der Waals surface area (Å²) >= 11 is 0. The molecule has 1 amide bonds. The predicted octanol–water partition coefficient (Wildman–Crippen LogP) is 1.39. The van der Waals surface area contributed by atoms with E-state index in [1.165, 1.54) is 14.2 Å². The highest BCUT2D eigenvalue weighted by Gasteiger charge is 2.10. The van der Waals surface area contributed by atoms with Gasteiger partial charge in [-0.05, 0) is 25.1 Å². The maximum atomic E-state index is 11.4. The van der Waals surface area contributed by atoms with E-state index in [0.717, 1.165) is 0 Å². The third-order valence-electron chi connectivity index (χ3n) is 1.92. The zero-order valence-corrected chi connectivity index (χ0v) is 9.57. The van der Waals surface area contributed by atoms with Crippen LogP contribution in [0.5, 0.6) is 11.5 Å². The maximum Gasteiger partial charge on any atom is 0.274 e. The number of carbonyl (C=O) groups excluding carboxylic acids is 1. The van der Waals surface area contributed by atoms with E-state index in [0.29, 0.717) is 23.7 Å². The Kier molecular flexibility index (Phi) is 4.60. The summed E-state index contributed by atoms with van der Waals surface area (Å²) in [6, 6.07) is 4.92. The van der Waals surface area contributed by atoms with Crippen LogP contribution in [0.4, 0.5) is 0 Å². The molecular formula is C11H15NO4. The molecule has 0 aromatic heterocycles. The fourth-order valence-corrected chi connectivity index (χ4v) is 1.24. The van der Waals surface area contributed by atoms with Gasteiger partial charge in [0.25, 0.3) is 5.91 Å². The number of rotatable bonds is 5. The van der Waals surface area contributed by atoms with Crippen molar-refractivity contribution in [2.75, 3.05) is 20.8 Å². The highest BCUT2D eigenvalue weighted by atomic mass is 16.6. The number of hydrogen-bond donors (Lipinski definition) is 1. The monoisotopic (exact) mass is 225 g/mol. The van der Waals surface area contributed by atoms with Crippen LogP contribution in [0.25, 0.3) is 0 Å². The fraction of sp³-hybridized carbons (Fsp3) is 0.364. The molecule has 1 aromatic rings. The van der Waals surface area contributed by atoms with E-state index in [2.05, 4.69) is 10.3 Å². The van der Waals surface area contributed by atoms with Crippen LogP contribution < -0.4 is 15.0 Å². The van der Waals surface area contributed by atoms with Crippen molar-refractivity contribution in [3.05, 3.63) is 23.8 Å². The van der Waals surface area contributed by atoms with Gasteiger partial charge in [0.2, 0.25) is 0 Å². The van der Waals surface area contributed by atoms with Crippen molar-refractivity contribution in [1.82, 2.24) is 5.48 Å². The Morgan fingerprint density at radius 3 is 2.62 bits per heavy atom. The standard InChI is InChI=1S/C11H15NO4/c1-4-16-9-6-5-8(7-10(9)14-2)11(13)12-15-3/h5-7H,4H2,1-3H3,(H,12,13). The lowest BCUT2D eigenvalue weighted by atomic mass is 10.2. The molecule has 0 spiro atoms. The quantitative estimate of drug-likeness (QED) is 0.769. The highest BCUT2D eigenvalue weighted by Crippen LogP contribution is 2.27. The van der Waals surface area contributed by atoms with Crippen molar-refractivity contribution >= 4 is 5.91 Å². The average molecular weight is 225 g/mol. The summed E-state index contributed by atoms with van der Waals surface area (Å²) < 4.78 is 10.5. The number of nitrogens with one attached hydrogen (secondary N) is 1. The topological polar surface area (TPSA) is 56.8 Å². The largest absolute Gasteiger partial charge is 0.493 e. The second-order valence-electron chi connectivity index (χ2n) is 2.93. The first-order chi connectivity index (χ1) is 7.72. The Balaban J connectivity index is 2.94. The van der Waals surface area contributed by atoms with Crippen molar-refractivity contribution < 1.29 is 19.1 Å². The molecule has 0 unspecified atom stereocenters. The lowest BCUT2D eigenvalue weighted by Crippen LogP contribution is -2.21. The molecule has 0 saturated heterocycles. The van der Waals surface area contributed by atoms with Gasteiger partial charge in [0, 0.05) is 5.56 Å². The van der Waals surface area contributed by atoms with Gasteiger partial charge < -0.3 is 9.47 Å². The molecule has 5 heteroatoms. The van der Waals surface area contributed by atoms with Crippen molar-refractivity contribution in [3.8, 4) is 11.5 Å². The summed E-state index contributed by atoms with van der Waals surface area (Å²) in [5, 5.41) is 0.